The molecule has 0 heterocycles. The summed E-state index contributed by atoms with van der Waals surface area (Å²) in [6.07, 6.45) is 2.15. The summed E-state index contributed by atoms with van der Waals surface area (Å²) in [5, 5.41) is 0. The Balaban J connectivity index is 3.84. The van der Waals surface area contributed by atoms with Gasteiger partial charge in [-0.1, -0.05) is 13.8 Å². The van der Waals surface area contributed by atoms with Gasteiger partial charge in [0.1, 0.15) is 0 Å². The van der Waals surface area contributed by atoms with Crippen LogP contribution in [0.5, 0.6) is 0 Å². The van der Waals surface area contributed by atoms with Crippen LogP contribution in [-0.2, 0) is 0 Å². The molecule has 3 heteroatoms. The molecule has 0 amide bonds. The Morgan fingerprint density at radius 1 is 0.867 bits per heavy atom. The molecule has 4 N–H and O–H groups in total. The number of hydrogen-bond donors (Lipinski definition) is 2. The second kappa shape index (κ2) is 8.08. The van der Waals surface area contributed by atoms with Crippen molar-refractivity contribution >= 4 is 0 Å². The minimum Gasteiger partial charge on any atom is -0.328 e. The number of rotatable bonds is 8. The molecule has 2 atom stereocenters. The summed E-state index contributed by atoms with van der Waals surface area (Å²) in [6, 6.07) is 0.602. The molecule has 0 rings (SSSR count). The monoisotopic (exact) mass is 215 g/mol. The Hall–Kier alpha value is -0.120. The minimum atomic E-state index is 0.301. The number of nitrogens with zero attached hydrogens (tertiary/aromatic N) is 1. The van der Waals surface area contributed by atoms with E-state index in [0.717, 1.165) is 32.5 Å². The molecular weight excluding hydrogens is 186 g/mol. The quantitative estimate of drug-likeness (QED) is 0.644. The van der Waals surface area contributed by atoms with Crippen molar-refractivity contribution in [2.75, 3.05) is 19.6 Å². The Labute approximate surface area is 95.2 Å². The normalized spacial score (nSPS) is 16.0. The summed E-state index contributed by atoms with van der Waals surface area (Å²) in [7, 11) is 0. The summed E-state index contributed by atoms with van der Waals surface area (Å²) < 4.78 is 0. The Morgan fingerprint density at radius 2 is 1.27 bits per heavy atom. The Morgan fingerprint density at radius 3 is 1.53 bits per heavy atom. The van der Waals surface area contributed by atoms with Crippen LogP contribution >= 0.6 is 0 Å². The van der Waals surface area contributed by atoms with Gasteiger partial charge in [-0.3, -0.25) is 0 Å². The lowest BCUT2D eigenvalue weighted by Gasteiger charge is -2.25. The Kier molecular flexibility index (Phi) is 8.02. The van der Waals surface area contributed by atoms with Gasteiger partial charge in [0, 0.05) is 18.6 Å². The first-order valence-electron chi connectivity index (χ1n) is 6.15. The van der Waals surface area contributed by atoms with Crippen molar-refractivity contribution in [3.63, 3.8) is 0 Å². The van der Waals surface area contributed by atoms with E-state index in [9.17, 15) is 0 Å². The van der Waals surface area contributed by atoms with Gasteiger partial charge in [-0.15, -0.1) is 0 Å². The fraction of sp³-hybridized carbons (Fsp3) is 1.00. The molecule has 0 aliphatic carbocycles. The number of hydrogen-bond acceptors (Lipinski definition) is 3. The highest BCUT2D eigenvalue weighted by molar-refractivity contribution is 4.66. The van der Waals surface area contributed by atoms with Gasteiger partial charge in [0.05, 0.1) is 0 Å². The fourth-order valence-electron chi connectivity index (χ4n) is 1.58. The summed E-state index contributed by atoms with van der Waals surface area (Å²) in [5.74, 6) is 0.714. The predicted molar refractivity (Wildman–Crippen MR) is 67.8 cm³/mol. The standard InChI is InChI=1S/C12H29N3/c1-10(2)9-15(7-5-11(3)13)8-6-12(4)14/h10-12H,5-9,13-14H2,1-4H3/t11-,12-/m1/s1. The lowest BCUT2D eigenvalue weighted by atomic mass is 10.1. The lowest BCUT2D eigenvalue weighted by molar-refractivity contribution is 0.230. The molecule has 0 radical (unpaired) electrons. The highest BCUT2D eigenvalue weighted by Crippen LogP contribution is 2.03. The minimum absolute atomic E-state index is 0.301. The van der Waals surface area contributed by atoms with Crippen molar-refractivity contribution in [2.45, 2.75) is 52.6 Å². The highest BCUT2D eigenvalue weighted by Gasteiger charge is 2.08. The van der Waals surface area contributed by atoms with Crippen molar-refractivity contribution in [3.8, 4) is 0 Å². The fourth-order valence-corrected chi connectivity index (χ4v) is 1.58. The first kappa shape index (κ1) is 14.9. The second-order valence-corrected chi connectivity index (χ2v) is 5.23. The lowest BCUT2D eigenvalue weighted by Crippen LogP contribution is -2.35. The third kappa shape index (κ3) is 10.2. The molecule has 0 aromatic carbocycles. The van der Waals surface area contributed by atoms with Crippen LogP contribution in [0, 0.1) is 5.92 Å². The number of nitrogens with two attached hydrogens (primary N) is 2. The van der Waals surface area contributed by atoms with Crippen molar-refractivity contribution in [1.82, 2.24) is 4.90 Å². The molecule has 0 aromatic heterocycles. The molecule has 0 saturated carbocycles. The molecule has 0 aromatic rings. The molecule has 0 saturated heterocycles. The summed E-state index contributed by atoms with van der Waals surface area (Å²) >= 11 is 0. The van der Waals surface area contributed by atoms with Crippen LogP contribution < -0.4 is 11.5 Å². The van der Waals surface area contributed by atoms with Gasteiger partial charge in [-0.2, -0.15) is 0 Å². The van der Waals surface area contributed by atoms with E-state index in [0.29, 0.717) is 18.0 Å². The van der Waals surface area contributed by atoms with Crippen LogP contribution in [0.15, 0.2) is 0 Å². The van der Waals surface area contributed by atoms with E-state index in [1.807, 2.05) is 0 Å². The summed E-state index contributed by atoms with van der Waals surface area (Å²) in [5.41, 5.74) is 11.6. The molecular formula is C12H29N3. The van der Waals surface area contributed by atoms with Crippen LogP contribution in [0.3, 0.4) is 0 Å². The smallest absolute Gasteiger partial charge is 0.00226 e. The third-order valence-corrected chi connectivity index (χ3v) is 2.42. The van der Waals surface area contributed by atoms with E-state index in [-0.39, 0.29) is 0 Å². The van der Waals surface area contributed by atoms with E-state index in [2.05, 4.69) is 32.6 Å². The zero-order chi connectivity index (χ0) is 11.8. The first-order valence-corrected chi connectivity index (χ1v) is 6.15. The van der Waals surface area contributed by atoms with Crippen LogP contribution in [0.25, 0.3) is 0 Å². The van der Waals surface area contributed by atoms with E-state index in [1.165, 1.54) is 0 Å². The molecule has 15 heavy (non-hydrogen) atoms. The van der Waals surface area contributed by atoms with Gasteiger partial charge in [-0.25, -0.2) is 0 Å². The van der Waals surface area contributed by atoms with E-state index in [4.69, 9.17) is 11.5 Å². The van der Waals surface area contributed by atoms with Gasteiger partial charge >= 0.3 is 0 Å². The van der Waals surface area contributed by atoms with E-state index < -0.39 is 0 Å². The van der Waals surface area contributed by atoms with Crippen LogP contribution in [0.1, 0.15) is 40.5 Å². The molecule has 92 valence electrons. The maximum atomic E-state index is 5.78. The highest BCUT2D eigenvalue weighted by atomic mass is 15.1. The predicted octanol–water partition coefficient (Wildman–Crippen LogP) is 1.42. The first-order chi connectivity index (χ1) is 6.91. The average molecular weight is 215 g/mol. The van der Waals surface area contributed by atoms with Gasteiger partial charge in [0.2, 0.25) is 0 Å². The molecule has 0 bridgehead atoms. The second-order valence-electron chi connectivity index (χ2n) is 5.23. The van der Waals surface area contributed by atoms with Crippen LogP contribution in [0.2, 0.25) is 0 Å². The van der Waals surface area contributed by atoms with Crippen molar-refractivity contribution in [3.05, 3.63) is 0 Å². The van der Waals surface area contributed by atoms with Gasteiger partial charge in [-0.05, 0) is 45.7 Å². The van der Waals surface area contributed by atoms with Gasteiger partial charge in [0.15, 0.2) is 0 Å². The topological polar surface area (TPSA) is 55.3 Å². The zero-order valence-electron chi connectivity index (χ0n) is 10.9. The van der Waals surface area contributed by atoms with Crippen LogP contribution in [-0.4, -0.2) is 36.6 Å². The molecule has 0 fully saturated rings. The Bertz CT molecular complexity index is 132. The SMILES string of the molecule is CC(C)CN(CC[C@@H](C)N)CC[C@@H](C)N. The largest absolute Gasteiger partial charge is 0.328 e. The van der Waals surface area contributed by atoms with Crippen LogP contribution in [0.4, 0.5) is 0 Å². The zero-order valence-corrected chi connectivity index (χ0v) is 10.9. The van der Waals surface area contributed by atoms with E-state index >= 15 is 0 Å². The van der Waals surface area contributed by atoms with Crippen molar-refractivity contribution in [2.24, 2.45) is 17.4 Å². The van der Waals surface area contributed by atoms with Crippen molar-refractivity contribution < 1.29 is 0 Å². The summed E-state index contributed by atoms with van der Waals surface area (Å²) in [6.45, 7) is 12.0. The molecule has 0 unspecified atom stereocenters. The molecule has 3 nitrogen and oxygen atoms in total. The maximum Gasteiger partial charge on any atom is 0.00226 e. The maximum absolute atomic E-state index is 5.78. The third-order valence-electron chi connectivity index (χ3n) is 2.42. The van der Waals surface area contributed by atoms with Gasteiger partial charge in [0.25, 0.3) is 0 Å². The van der Waals surface area contributed by atoms with E-state index in [1.54, 1.807) is 0 Å². The summed E-state index contributed by atoms with van der Waals surface area (Å²) in [4.78, 5) is 2.48. The molecule has 0 spiro atoms. The molecule has 0 aliphatic heterocycles. The molecule has 0 aliphatic rings. The average Bonchev–Trinajstić information content (AvgIpc) is 2.08. The van der Waals surface area contributed by atoms with Gasteiger partial charge < -0.3 is 16.4 Å². The van der Waals surface area contributed by atoms with Crippen molar-refractivity contribution in [1.29, 1.82) is 0 Å².